The fraction of sp³-hybridized carbons (Fsp3) is 0.611. The molecule has 1 amide bonds. The molecule has 120 valence electrons. The second-order valence-electron chi connectivity index (χ2n) is 6.91. The molecular weight excluding hydrogens is 276 g/mol. The minimum atomic E-state index is -0.407. The molecule has 2 aliphatic rings. The number of nitrogens with zero attached hydrogens (tertiary/aromatic N) is 1. The lowest BCUT2D eigenvalue weighted by molar-refractivity contribution is -0.125. The van der Waals surface area contributed by atoms with Crippen LogP contribution in [0.15, 0.2) is 24.3 Å². The average Bonchev–Trinajstić information content (AvgIpc) is 2.85. The molecule has 0 saturated carbocycles. The van der Waals surface area contributed by atoms with Gasteiger partial charge in [0.1, 0.15) is 0 Å². The van der Waals surface area contributed by atoms with Crippen LogP contribution in [-0.4, -0.2) is 41.1 Å². The molecule has 1 fully saturated rings. The molecule has 3 rings (SSSR count). The van der Waals surface area contributed by atoms with Gasteiger partial charge in [-0.25, -0.2) is 0 Å². The van der Waals surface area contributed by atoms with Crippen LogP contribution in [-0.2, 0) is 11.2 Å². The molecule has 0 unspecified atom stereocenters. The van der Waals surface area contributed by atoms with Gasteiger partial charge in [-0.1, -0.05) is 38.1 Å². The Balaban J connectivity index is 1.65. The van der Waals surface area contributed by atoms with Crippen molar-refractivity contribution in [2.45, 2.75) is 51.3 Å². The Morgan fingerprint density at radius 2 is 2.14 bits per heavy atom. The zero-order valence-corrected chi connectivity index (χ0v) is 13.5. The zero-order chi connectivity index (χ0) is 15.7. The lowest BCUT2D eigenvalue weighted by atomic mass is 10.0. The maximum Gasteiger partial charge on any atom is 0.222 e. The molecule has 4 heteroatoms. The van der Waals surface area contributed by atoms with E-state index in [0.717, 1.165) is 37.9 Å². The van der Waals surface area contributed by atoms with Crippen LogP contribution < -0.4 is 5.32 Å². The summed E-state index contributed by atoms with van der Waals surface area (Å²) >= 11 is 0. The third-order valence-electron chi connectivity index (χ3n) is 4.96. The number of nitrogens with one attached hydrogen (secondary N) is 1. The third kappa shape index (κ3) is 3.03. The minimum absolute atomic E-state index is 0.0247. The standard InChI is InChI=1S/C18H26N2O2/c1-12(2)18(22)19-14-7-5-9-20(11-14)16-10-13-6-3-4-8-15(13)17(16)21/h3-4,6,8,12,14,16-17,21H,5,7,9-11H2,1-2H3,(H,19,22)/t14-,16+,17+/m1/s1. The highest BCUT2D eigenvalue weighted by Crippen LogP contribution is 2.35. The summed E-state index contributed by atoms with van der Waals surface area (Å²) in [5.74, 6) is 0.152. The quantitative estimate of drug-likeness (QED) is 0.896. The number of likely N-dealkylation sites (tertiary alicyclic amines) is 1. The number of fused-ring (bicyclic) bond motifs is 1. The van der Waals surface area contributed by atoms with E-state index in [1.165, 1.54) is 5.56 Å². The lowest BCUT2D eigenvalue weighted by Crippen LogP contribution is -2.52. The van der Waals surface area contributed by atoms with Crippen molar-refractivity contribution >= 4 is 5.91 Å². The third-order valence-corrected chi connectivity index (χ3v) is 4.96. The van der Waals surface area contributed by atoms with E-state index < -0.39 is 6.10 Å². The zero-order valence-electron chi connectivity index (χ0n) is 13.5. The van der Waals surface area contributed by atoms with Gasteiger partial charge in [-0.15, -0.1) is 0 Å². The highest BCUT2D eigenvalue weighted by atomic mass is 16.3. The lowest BCUT2D eigenvalue weighted by Gasteiger charge is -2.38. The Labute approximate surface area is 132 Å². The Morgan fingerprint density at radius 1 is 1.36 bits per heavy atom. The molecule has 22 heavy (non-hydrogen) atoms. The number of benzene rings is 1. The van der Waals surface area contributed by atoms with Crippen LogP contribution in [0.5, 0.6) is 0 Å². The van der Waals surface area contributed by atoms with Crippen molar-refractivity contribution in [1.82, 2.24) is 10.2 Å². The number of carbonyl (C=O) groups is 1. The summed E-state index contributed by atoms with van der Waals surface area (Å²) in [6.45, 7) is 5.69. The Hall–Kier alpha value is -1.39. The van der Waals surface area contributed by atoms with Crippen LogP contribution in [0.4, 0.5) is 0 Å². The van der Waals surface area contributed by atoms with Gasteiger partial charge in [-0.3, -0.25) is 9.69 Å². The van der Waals surface area contributed by atoms with Gasteiger partial charge in [-0.05, 0) is 36.9 Å². The van der Waals surface area contributed by atoms with Gasteiger partial charge in [0.25, 0.3) is 0 Å². The van der Waals surface area contributed by atoms with E-state index >= 15 is 0 Å². The van der Waals surface area contributed by atoms with Crippen molar-refractivity contribution in [3.63, 3.8) is 0 Å². The van der Waals surface area contributed by atoms with E-state index in [2.05, 4.69) is 16.3 Å². The molecule has 0 radical (unpaired) electrons. The maximum absolute atomic E-state index is 11.9. The fourth-order valence-electron chi connectivity index (χ4n) is 3.67. The summed E-state index contributed by atoms with van der Waals surface area (Å²) in [7, 11) is 0. The van der Waals surface area contributed by atoms with Crippen molar-refractivity contribution < 1.29 is 9.90 Å². The minimum Gasteiger partial charge on any atom is -0.387 e. The van der Waals surface area contributed by atoms with E-state index in [0.29, 0.717) is 0 Å². The molecule has 0 bridgehead atoms. The molecule has 1 aromatic rings. The van der Waals surface area contributed by atoms with Crippen LogP contribution >= 0.6 is 0 Å². The second-order valence-corrected chi connectivity index (χ2v) is 6.91. The predicted molar refractivity (Wildman–Crippen MR) is 86.5 cm³/mol. The van der Waals surface area contributed by atoms with E-state index in [4.69, 9.17) is 0 Å². The molecule has 1 saturated heterocycles. The van der Waals surface area contributed by atoms with Gasteiger partial charge in [0.2, 0.25) is 5.91 Å². The predicted octanol–water partition coefficient (Wildman–Crippen LogP) is 1.88. The van der Waals surface area contributed by atoms with Gasteiger partial charge < -0.3 is 10.4 Å². The van der Waals surface area contributed by atoms with E-state index in [1.54, 1.807) is 0 Å². The smallest absolute Gasteiger partial charge is 0.222 e. The van der Waals surface area contributed by atoms with Crippen molar-refractivity contribution in [3.8, 4) is 0 Å². The van der Waals surface area contributed by atoms with Gasteiger partial charge >= 0.3 is 0 Å². The number of hydrogen-bond acceptors (Lipinski definition) is 3. The molecule has 0 spiro atoms. The fourth-order valence-corrected chi connectivity index (χ4v) is 3.67. The molecule has 1 aliphatic heterocycles. The molecule has 2 N–H and O–H groups in total. The largest absolute Gasteiger partial charge is 0.387 e. The van der Waals surface area contributed by atoms with Gasteiger partial charge in [0.15, 0.2) is 0 Å². The van der Waals surface area contributed by atoms with Crippen molar-refractivity contribution in [1.29, 1.82) is 0 Å². The number of rotatable bonds is 3. The van der Waals surface area contributed by atoms with Gasteiger partial charge in [0.05, 0.1) is 6.10 Å². The first-order valence-electron chi connectivity index (χ1n) is 8.36. The summed E-state index contributed by atoms with van der Waals surface area (Å²) in [5, 5.41) is 13.8. The average molecular weight is 302 g/mol. The van der Waals surface area contributed by atoms with Crippen molar-refractivity contribution in [3.05, 3.63) is 35.4 Å². The van der Waals surface area contributed by atoms with Crippen LogP contribution in [0.1, 0.15) is 43.9 Å². The normalized spacial score (nSPS) is 28.6. The first kappa shape index (κ1) is 15.5. The number of amides is 1. The summed E-state index contributed by atoms with van der Waals surface area (Å²) in [6.07, 6.45) is 2.60. The van der Waals surface area contributed by atoms with Crippen LogP contribution in [0.2, 0.25) is 0 Å². The summed E-state index contributed by atoms with van der Waals surface area (Å²) < 4.78 is 0. The molecular formula is C18H26N2O2. The number of aliphatic hydroxyl groups is 1. The van der Waals surface area contributed by atoms with Crippen LogP contribution in [0, 0.1) is 5.92 Å². The first-order valence-corrected chi connectivity index (χ1v) is 8.36. The topological polar surface area (TPSA) is 52.6 Å². The number of hydrogen-bond donors (Lipinski definition) is 2. The monoisotopic (exact) mass is 302 g/mol. The van der Waals surface area contributed by atoms with E-state index in [1.807, 2.05) is 32.0 Å². The van der Waals surface area contributed by atoms with Gasteiger partial charge in [0, 0.05) is 24.5 Å². The van der Waals surface area contributed by atoms with Crippen molar-refractivity contribution in [2.75, 3.05) is 13.1 Å². The highest BCUT2D eigenvalue weighted by Gasteiger charge is 2.37. The Kier molecular flexibility index (Phi) is 4.50. The van der Waals surface area contributed by atoms with Gasteiger partial charge in [-0.2, -0.15) is 0 Å². The molecule has 1 aromatic carbocycles. The van der Waals surface area contributed by atoms with Crippen LogP contribution in [0.3, 0.4) is 0 Å². The maximum atomic E-state index is 11.9. The first-order chi connectivity index (χ1) is 10.6. The highest BCUT2D eigenvalue weighted by molar-refractivity contribution is 5.78. The molecule has 0 aromatic heterocycles. The second kappa shape index (κ2) is 6.39. The van der Waals surface area contributed by atoms with Crippen LogP contribution in [0.25, 0.3) is 0 Å². The number of carbonyl (C=O) groups excluding carboxylic acids is 1. The summed E-state index contributed by atoms with van der Waals surface area (Å²) in [4.78, 5) is 14.3. The summed E-state index contributed by atoms with van der Waals surface area (Å²) in [6, 6.07) is 8.53. The Morgan fingerprint density at radius 3 is 2.86 bits per heavy atom. The molecule has 1 aliphatic carbocycles. The van der Waals surface area contributed by atoms with E-state index in [-0.39, 0.29) is 23.9 Å². The SMILES string of the molecule is CC(C)C(=O)N[C@@H]1CCCN([C@H]2Cc3ccccc3[C@@H]2O)C1. The Bertz CT molecular complexity index is 544. The molecule has 4 nitrogen and oxygen atoms in total. The van der Waals surface area contributed by atoms with Crippen molar-refractivity contribution in [2.24, 2.45) is 5.92 Å². The number of piperidine rings is 1. The number of aliphatic hydroxyl groups excluding tert-OH is 1. The summed E-state index contributed by atoms with van der Waals surface area (Å²) in [5.41, 5.74) is 2.33. The molecule has 1 heterocycles. The molecule has 3 atom stereocenters. The van der Waals surface area contributed by atoms with E-state index in [9.17, 15) is 9.90 Å².